The van der Waals surface area contributed by atoms with Crippen molar-refractivity contribution < 1.29 is 4.79 Å². The molecule has 1 saturated heterocycles. The second-order valence-corrected chi connectivity index (χ2v) is 3.53. The van der Waals surface area contributed by atoms with Gasteiger partial charge in [0.1, 0.15) is 6.29 Å². The molecule has 3 heteroatoms. The van der Waals surface area contributed by atoms with Gasteiger partial charge >= 0.3 is 0 Å². The van der Waals surface area contributed by atoms with Crippen LogP contribution in [0.25, 0.3) is 0 Å². The first-order valence-electron chi connectivity index (χ1n) is 3.05. The van der Waals surface area contributed by atoms with E-state index < -0.39 is 0 Å². The molecule has 1 rings (SSSR count). The number of rotatable bonds is 2. The highest BCUT2D eigenvalue weighted by Gasteiger charge is 2.31. The summed E-state index contributed by atoms with van der Waals surface area (Å²) in [5, 5.41) is 3.16. The molecule has 0 saturated carbocycles. The minimum atomic E-state index is -0.0972. The van der Waals surface area contributed by atoms with Gasteiger partial charge in [0.25, 0.3) is 0 Å². The molecule has 0 spiro atoms. The number of carbonyl (C=O) groups excluding carboxylic acids is 1. The van der Waals surface area contributed by atoms with Crippen molar-refractivity contribution in [2.45, 2.75) is 11.2 Å². The van der Waals surface area contributed by atoms with Gasteiger partial charge in [-0.05, 0) is 19.2 Å². The van der Waals surface area contributed by atoms with Gasteiger partial charge in [-0.1, -0.05) is 0 Å². The Bertz CT molecular complexity index is 110. The van der Waals surface area contributed by atoms with Crippen LogP contribution in [-0.2, 0) is 4.79 Å². The van der Waals surface area contributed by atoms with Gasteiger partial charge in [-0.15, -0.1) is 11.8 Å². The van der Waals surface area contributed by atoms with Crippen LogP contribution in [0.15, 0.2) is 0 Å². The van der Waals surface area contributed by atoms with Gasteiger partial charge < -0.3 is 10.1 Å². The van der Waals surface area contributed by atoms with Gasteiger partial charge in [0.2, 0.25) is 0 Å². The topological polar surface area (TPSA) is 29.1 Å². The van der Waals surface area contributed by atoms with E-state index in [1.807, 2.05) is 6.26 Å². The average molecular weight is 145 g/mol. The van der Waals surface area contributed by atoms with E-state index in [9.17, 15) is 4.79 Å². The SMILES string of the molecule is CS[C@@]1(C=O)CCNC1. The third kappa shape index (κ3) is 1.27. The van der Waals surface area contributed by atoms with E-state index >= 15 is 0 Å². The van der Waals surface area contributed by atoms with Crippen molar-refractivity contribution in [1.82, 2.24) is 5.32 Å². The van der Waals surface area contributed by atoms with Crippen LogP contribution in [0.4, 0.5) is 0 Å². The van der Waals surface area contributed by atoms with Crippen LogP contribution < -0.4 is 5.32 Å². The molecule has 0 bridgehead atoms. The first kappa shape index (κ1) is 7.09. The molecule has 0 aromatic heterocycles. The number of thioether (sulfide) groups is 1. The second kappa shape index (κ2) is 2.71. The smallest absolute Gasteiger partial charge is 0.137 e. The zero-order valence-electron chi connectivity index (χ0n) is 5.52. The van der Waals surface area contributed by atoms with Crippen molar-refractivity contribution in [1.29, 1.82) is 0 Å². The van der Waals surface area contributed by atoms with Crippen molar-refractivity contribution in [3.63, 3.8) is 0 Å². The van der Waals surface area contributed by atoms with Crippen molar-refractivity contribution in [3.8, 4) is 0 Å². The standard InChI is InChI=1S/C6H11NOS/c1-9-6(5-8)2-3-7-4-6/h5,7H,2-4H2,1H3/t6-/m0/s1. The first-order valence-corrected chi connectivity index (χ1v) is 4.28. The van der Waals surface area contributed by atoms with Gasteiger partial charge in [-0.3, -0.25) is 0 Å². The van der Waals surface area contributed by atoms with Gasteiger partial charge in [-0.25, -0.2) is 0 Å². The Hall–Kier alpha value is -0.0200. The van der Waals surface area contributed by atoms with E-state index in [0.29, 0.717) is 0 Å². The molecule has 1 aliphatic rings. The molecule has 0 radical (unpaired) electrons. The Labute approximate surface area is 59.4 Å². The van der Waals surface area contributed by atoms with Crippen LogP contribution in [-0.4, -0.2) is 30.4 Å². The summed E-state index contributed by atoms with van der Waals surface area (Å²) in [4.78, 5) is 10.5. The maximum absolute atomic E-state index is 10.5. The molecular weight excluding hydrogens is 134 g/mol. The fourth-order valence-electron chi connectivity index (χ4n) is 1.01. The Morgan fingerprint density at radius 2 is 2.56 bits per heavy atom. The summed E-state index contributed by atoms with van der Waals surface area (Å²) < 4.78 is -0.0972. The van der Waals surface area contributed by atoms with Crippen molar-refractivity contribution in [2.75, 3.05) is 19.3 Å². The summed E-state index contributed by atoms with van der Waals surface area (Å²) in [7, 11) is 0. The zero-order valence-corrected chi connectivity index (χ0v) is 6.33. The van der Waals surface area contributed by atoms with Crippen molar-refractivity contribution in [3.05, 3.63) is 0 Å². The lowest BCUT2D eigenvalue weighted by Crippen LogP contribution is -2.28. The third-order valence-corrected chi connectivity index (χ3v) is 3.03. The molecule has 52 valence electrons. The molecule has 0 amide bonds. The number of hydrogen-bond acceptors (Lipinski definition) is 3. The summed E-state index contributed by atoms with van der Waals surface area (Å²) in [5.74, 6) is 0. The van der Waals surface area contributed by atoms with Gasteiger partial charge in [0, 0.05) is 6.54 Å². The van der Waals surface area contributed by atoms with Crippen LogP contribution >= 0.6 is 11.8 Å². The number of aldehydes is 1. The van der Waals surface area contributed by atoms with Crippen LogP contribution in [0.2, 0.25) is 0 Å². The van der Waals surface area contributed by atoms with E-state index in [4.69, 9.17) is 0 Å². The molecule has 0 unspecified atom stereocenters. The number of nitrogens with one attached hydrogen (secondary N) is 1. The Kier molecular flexibility index (Phi) is 2.13. The lowest BCUT2D eigenvalue weighted by molar-refractivity contribution is -0.109. The number of hydrogen-bond donors (Lipinski definition) is 1. The minimum Gasteiger partial charge on any atom is -0.315 e. The molecule has 1 heterocycles. The first-order chi connectivity index (χ1) is 4.33. The monoisotopic (exact) mass is 145 g/mol. The minimum absolute atomic E-state index is 0.0972. The van der Waals surface area contributed by atoms with E-state index in [0.717, 1.165) is 25.8 Å². The molecule has 1 fully saturated rings. The van der Waals surface area contributed by atoms with Gasteiger partial charge in [0.15, 0.2) is 0 Å². The molecule has 0 aromatic rings. The fraction of sp³-hybridized carbons (Fsp3) is 0.833. The van der Waals surface area contributed by atoms with Crippen LogP contribution in [0.1, 0.15) is 6.42 Å². The van der Waals surface area contributed by atoms with E-state index in [-0.39, 0.29) is 4.75 Å². The Balaban J connectivity index is 2.55. The Morgan fingerprint density at radius 1 is 1.78 bits per heavy atom. The normalized spacial score (nSPS) is 34.8. The molecule has 1 N–H and O–H groups in total. The van der Waals surface area contributed by atoms with E-state index in [1.165, 1.54) is 0 Å². The summed E-state index contributed by atoms with van der Waals surface area (Å²) in [6.45, 7) is 1.83. The highest BCUT2D eigenvalue weighted by Crippen LogP contribution is 2.26. The third-order valence-electron chi connectivity index (χ3n) is 1.77. The molecular formula is C6H11NOS. The molecule has 2 nitrogen and oxygen atoms in total. The quantitative estimate of drug-likeness (QED) is 0.566. The van der Waals surface area contributed by atoms with E-state index in [1.54, 1.807) is 11.8 Å². The maximum atomic E-state index is 10.5. The second-order valence-electron chi connectivity index (χ2n) is 2.31. The van der Waals surface area contributed by atoms with Gasteiger partial charge in [-0.2, -0.15) is 0 Å². The molecule has 9 heavy (non-hydrogen) atoms. The fourth-order valence-corrected chi connectivity index (χ4v) is 1.66. The maximum Gasteiger partial charge on any atom is 0.137 e. The largest absolute Gasteiger partial charge is 0.315 e. The molecule has 1 aliphatic heterocycles. The molecule has 1 atom stereocenters. The lowest BCUT2D eigenvalue weighted by atomic mass is 10.1. The van der Waals surface area contributed by atoms with Crippen LogP contribution in [0.5, 0.6) is 0 Å². The summed E-state index contributed by atoms with van der Waals surface area (Å²) in [6, 6.07) is 0. The highest BCUT2D eigenvalue weighted by atomic mass is 32.2. The highest BCUT2D eigenvalue weighted by molar-refractivity contribution is 8.00. The lowest BCUT2D eigenvalue weighted by Gasteiger charge is -2.16. The number of carbonyl (C=O) groups is 1. The predicted octanol–water partition coefficient (Wildman–Crippen LogP) is 0.280. The predicted molar refractivity (Wildman–Crippen MR) is 39.8 cm³/mol. The summed E-state index contributed by atoms with van der Waals surface area (Å²) >= 11 is 1.65. The van der Waals surface area contributed by atoms with E-state index in [2.05, 4.69) is 5.32 Å². The van der Waals surface area contributed by atoms with Crippen LogP contribution in [0, 0.1) is 0 Å². The van der Waals surface area contributed by atoms with Crippen molar-refractivity contribution >= 4 is 18.0 Å². The van der Waals surface area contributed by atoms with Gasteiger partial charge in [0.05, 0.1) is 4.75 Å². The average Bonchev–Trinajstić information content (AvgIpc) is 2.36. The zero-order chi connectivity index (χ0) is 6.74. The summed E-state index contributed by atoms with van der Waals surface area (Å²) in [6.07, 6.45) is 4.04. The molecule has 0 aliphatic carbocycles. The van der Waals surface area contributed by atoms with Crippen molar-refractivity contribution in [2.24, 2.45) is 0 Å². The molecule has 0 aromatic carbocycles. The Morgan fingerprint density at radius 3 is 2.78 bits per heavy atom. The van der Waals surface area contributed by atoms with Crippen LogP contribution in [0.3, 0.4) is 0 Å². The summed E-state index contributed by atoms with van der Waals surface area (Å²) in [5.41, 5.74) is 0.